The zero-order valence-corrected chi connectivity index (χ0v) is 21.3. The van der Waals surface area contributed by atoms with Gasteiger partial charge in [-0.3, -0.25) is 14.5 Å². The van der Waals surface area contributed by atoms with Crippen LogP contribution in [0.2, 0.25) is 0 Å². The summed E-state index contributed by atoms with van der Waals surface area (Å²) in [6.07, 6.45) is 7.47. The van der Waals surface area contributed by atoms with Gasteiger partial charge in [0.15, 0.2) is 11.5 Å². The molecule has 1 aromatic carbocycles. The standard InChI is InChI=1S/C27H40N2O6/c1-4-7-13-28(14-8-5-2)25(31)18-29-17-21(20-11-12-23-24(16-20)35-19-34-23)26(27(32)33-6-3)22(29)10-9-15-30/h9-12,16,21-22,26,30H,4-8,13-15,17-19H2,1-3H3. The predicted molar refractivity (Wildman–Crippen MR) is 133 cm³/mol. The van der Waals surface area contributed by atoms with Crippen molar-refractivity contribution in [2.45, 2.75) is 58.4 Å². The highest BCUT2D eigenvalue weighted by atomic mass is 16.7. The van der Waals surface area contributed by atoms with Gasteiger partial charge in [-0.25, -0.2) is 0 Å². The van der Waals surface area contributed by atoms with Gasteiger partial charge in [-0.15, -0.1) is 0 Å². The van der Waals surface area contributed by atoms with E-state index < -0.39 is 5.92 Å². The third kappa shape index (κ3) is 6.76. The van der Waals surface area contributed by atoms with E-state index in [0.717, 1.165) is 44.3 Å². The summed E-state index contributed by atoms with van der Waals surface area (Å²) >= 11 is 0. The van der Waals surface area contributed by atoms with E-state index in [0.29, 0.717) is 18.0 Å². The highest BCUT2D eigenvalue weighted by Gasteiger charge is 2.47. The second-order valence-corrected chi connectivity index (χ2v) is 9.12. The first-order valence-corrected chi connectivity index (χ1v) is 12.9. The Labute approximate surface area is 208 Å². The van der Waals surface area contributed by atoms with Crippen molar-refractivity contribution < 1.29 is 28.9 Å². The number of benzene rings is 1. The maximum atomic E-state index is 13.4. The molecule has 8 nitrogen and oxygen atoms in total. The molecular weight excluding hydrogens is 448 g/mol. The molecule has 1 fully saturated rings. The Balaban J connectivity index is 1.89. The van der Waals surface area contributed by atoms with Crippen LogP contribution < -0.4 is 9.47 Å². The number of fused-ring (bicyclic) bond motifs is 1. The SMILES string of the molecule is CCCCN(CCCC)C(=O)CN1CC(c2ccc3c(c2)OCO3)C(C(=O)OCC)C1C=CCO. The first kappa shape index (κ1) is 27.0. The molecule has 0 aliphatic carbocycles. The number of aliphatic hydroxyl groups excluding tert-OH is 1. The number of unbranched alkanes of at least 4 members (excludes halogenated alkanes) is 2. The van der Waals surface area contributed by atoms with Crippen molar-refractivity contribution >= 4 is 11.9 Å². The zero-order chi connectivity index (χ0) is 25.2. The minimum Gasteiger partial charge on any atom is -0.466 e. The number of aliphatic hydroxyl groups is 1. The van der Waals surface area contributed by atoms with Crippen LogP contribution in [0.1, 0.15) is 57.9 Å². The van der Waals surface area contributed by atoms with Gasteiger partial charge < -0.3 is 24.2 Å². The van der Waals surface area contributed by atoms with Gasteiger partial charge in [0.1, 0.15) is 0 Å². The van der Waals surface area contributed by atoms with E-state index in [1.54, 1.807) is 13.0 Å². The number of likely N-dealkylation sites (tertiary alicyclic amines) is 1. The molecule has 194 valence electrons. The highest BCUT2D eigenvalue weighted by molar-refractivity contribution is 5.80. The molecule has 2 heterocycles. The summed E-state index contributed by atoms with van der Waals surface area (Å²) in [4.78, 5) is 30.6. The number of carbonyl (C=O) groups is 2. The number of ether oxygens (including phenoxy) is 3. The molecule has 1 saturated heterocycles. The molecule has 0 aromatic heterocycles. The van der Waals surface area contributed by atoms with E-state index in [4.69, 9.17) is 14.2 Å². The van der Waals surface area contributed by atoms with Crippen molar-refractivity contribution in [3.05, 3.63) is 35.9 Å². The first-order valence-electron chi connectivity index (χ1n) is 12.9. The van der Waals surface area contributed by atoms with Crippen molar-refractivity contribution in [3.8, 4) is 11.5 Å². The Morgan fingerprint density at radius 2 is 1.86 bits per heavy atom. The van der Waals surface area contributed by atoms with Crippen molar-refractivity contribution in [3.63, 3.8) is 0 Å². The van der Waals surface area contributed by atoms with Gasteiger partial charge in [-0.2, -0.15) is 0 Å². The van der Waals surface area contributed by atoms with Crippen LogP contribution in [-0.4, -0.2) is 79.0 Å². The summed E-state index contributed by atoms with van der Waals surface area (Å²) in [6, 6.07) is 5.38. The molecular formula is C27H40N2O6. The normalized spacial score (nSPS) is 21.5. The van der Waals surface area contributed by atoms with Gasteiger partial charge in [-0.1, -0.05) is 44.9 Å². The van der Waals surface area contributed by atoms with Crippen LogP contribution in [-0.2, 0) is 14.3 Å². The lowest BCUT2D eigenvalue weighted by molar-refractivity contribution is -0.149. The number of carbonyl (C=O) groups excluding carboxylic acids is 2. The van der Waals surface area contributed by atoms with Crippen LogP contribution in [0.25, 0.3) is 0 Å². The quantitative estimate of drug-likeness (QED) is 0.337. The molecule has 2 aliphatic heterocycles. The van der Waals surface area contributed by atoms with Crippen LogP contribution >= 0.6 is 0 Å². The molecule has 1 N–H and O–H groups in total. The molecule has 0 spiro atoms. The maximum Gasteiger partial charge on any atom is 0.311 e. The van der Waals surface area contributed by atoms with E-state index in [-0.39, 0.29) is 50.4 Å². The molecule has 2 aliphatic rings. The second kappa shape index (κ2) is 13.5. The van der Waals surface area contributed by atoms with E-state index in [2.05, 4.69) is 18.7 Å². The number of amides is 1. The smallest absolute Gasteiger partial charge is 0.311 e. The fourth-order valence-corrected chi connectivity index (χ4v) is 4.90. The summed E-state index contributed by atoms with van der Waals surface area (Å²) < 4.78 is 16.5. The fraction of sp³-hybridized carbons (Fsp3) is 0.630. The van der Waals surface area contributed by atoms with Crippen molar-refractivity contribution in [2.75, 3.05) is 46.2 Å². The largest absolute Gasteiger partial charge is 0.466 e. The van der Waals surface area contributed by atoms with Gasteiger partial charge in [0.25, 0.3) is 0 Å². The summed E-state index contributed by atoms with van der Waals surface area (Å²) in [5, 5.41) is 9.47. The van der Waals surface area contributed by atoms with Gasteiger partial charge >= 0.3 is 5.97 Å². The lowest BCUT2D eigenvalue weighted by Crippen LogP contribution is -2.44. The average Bonchev–Trinajstić information content (AvgIpc) is 3.47. The molecule has 35 heavy (non-hydrogen) atoms. The van der Waals surface area contributed by atoms with Crippen LogP contribution in [0.15, 0.2) is 30.4 Å². The summed E-state index contributed by atoms with van der Waals surface area (Å²) in [5.41, 5.74) is 0.943. The molecule has 0 bridgehead atoms. The minimum atomic E-state index is -0.509. The molecule has 1 aromatic rings. The van der Waals surface area contributed by atoms with Crippen LogP contribution in [0.3, 0.4) is 0 Å². The van der Waals surface area contributed by atoms with E-state index in [9.17, 15) is 14.7 Å². The Bertz CT molecular complexity index is 865. The van der Waals surface area contributed by atoms with Crippen molar-refractivity contribution in [1.82, 2.24) is 9.80 Å². The summed E-state index contributed by atoms with van der Waals surface area (Å²) in [6.45, 7) is 8.58. The highest BCUT2D eigenvalue weighted by Crippen LogP contribution is 2.42. The topological polar surface area (TPSA) is 88.5 Å². The molecule has 3 unspecified atom stereocenters. The first-order chi connectivity index (χ1) is 17.0. The maximum absolute atomic E-state index is 13.4. The van der Waals surface area contributed by atoms with E-state index >= 15 is 0 Å². The predicted octanol–water partition coefficient (Wildman–Crippen LogP) is 3.34. The third-order valence-electron chi connectivity index (χ3n) is 6.73. The second-order valence-electron chi connectivity index (χ2n) is 9.12. The van der Waals surface area contributed by atoms with Crippen molar-refractivity contribution in [2.24, 2.45) is 5.92 Å². The van der Waals surface area contributed by atoms with E-state index in [1.165, 1.54) is 0 Å². The van der Waals surface area contributed by atoms with Gasteiger partial charge in [0.05, 0.1) is 25.7 Å². The zero-order valence-electron chi connectivity index (χ0n) is 21.3. The number of esters is 1. The van der Waals surface area contributed by atoms with E-state index in [1.807, 2.05) is 29.2 Å². The Morgan fingerprint density at radius 1 is 1.14 bits per heavy atom. The molecule has 1 amide bonds. The summed E-state index contributed by atoms with van der Waals surface area (Å²) in [7, 11) is 0. The third-order valence-corrected chi connectivity index (χ3v) is 6.73. The van der Waals surface area contributed by atoms with Gasteiger partial charge in [0.2, 0.25) is 12.7 Å². The van der Waals surface area contributed by atoms with Crippen LogP contribution in [0, 0.1) is 5.92 Å². The number of hydrogen-bond donors (Lipinski definition) is 1. The Hall–Kier alpha value is -2.58. The van der Waals surface area contributed by atoms with Gasteiger partial charge in [-0.05, 0) is 37.5 Å². The number of rotatable bonds is 13. The molecule has 3 rings (SSSR count). The Morgan fingerprint density at radius 3 is 2.51 bits per heavy atom. The van der Waals surface area contributed by atoms with Gasteiger partial charge in [0, 0.05) is 31.6 Å². The van der Waals surface area contributed by atoms with Crippen LogP contribution in [0.5, 0.6) is 11.5 Å². The van der Waals surface area contributed by atoms with Crippen molar-refractivity contribution in [1.29, 1.82) is 0 Å². The van der Waals surface area contributed by atoms with Crippen LogP contribution in [0.4, 0.5) is 0 Å². The summed E-state index contributed by atoms with van der Waals surface area (Å²) in [5.74, 6) is 0.419. The lowest BCUT2D eigenvalue weighted by Gasteiger charge is -2.28. The minimum absolute atomic E-state index is 0.0724. The number of hydrogen-bond acceptors (Lipinski definition) is 7. The Kier molecular flexibility index (Phi) is 10.4. The molecule has 0 radical (unpaired) electrons. The fourth-order valence-electron chi connectivity index (χ4n) is 4.90. The lowest BCUT2D eigenvalue weighted by atomic mass is 9.85. The average molecular weight is 489 g/mol. The molecule has 3 atom stereocenters. The molecule has 8 heteroatoms. The molecule has 0 saturated carbocycles. The monoisotopic (exact) mass is 488 g/mol. The number of nitrogens with zero attached hydrogens (tertiary/aromatic N) is 2.